The van der Waals surface area contributed by atoms with Gasteiger partial charge < -0.3 is 64.6 Å². The maximum atomic E-state index is 13.4. The van der Waals surface area contributed by atoms with Gasteiger partial charge in [0.05, 0.1) is 19.1 Å². The molecule has 0 spiro atoms. The van der Waals surface area contributed by atoms with Crippen molar-refractivity contribution in [2.24, 2.45) is 0 Å². The third-order valence-electron chi connectivity index (χ3n) is 12.3. The molecule has 422 valence electrons. The van der Waals surface area contributed by atoms with Gasteiger partial charge in [0.15, 0.2) is 6.10 Å². The highest BCUT2D eigenvalue weighted by Crippen LogP contribution is 2.47. The fourth-order valence-corrected chi connectivity index (χ4v) is 9.91. The Morgan fingerprint density at radius 1 is 0.507 bits per heavy atom. The molecule has 26 heteroatoms. The average Bonchev–Trinajstić information content (AvgIpc) is 3.30. The molecule has 11 N–H and O–H groups in total. The van der Waals surface area contributed by atoms with Gasteiger partial charge in [-0.2, -0.15) is 4.89 Å². The number of aliphatic hydroxyl groups excluding tert-OH is 5. The van der Waals surface area contributed by atoms with Gasteiger partial charge in [-0.1, -0.05) is 181 Å². The molecule has 0 aliphatic heterocycles. The molecule has 1 aliphatic carbocycles. The topological polar surface area (TPSA) is 372 Å². The summed E-state index contributed by atoms with van der Waals surface area (Å²) in [5, 5.41) is 60.6. The second-order valence-corrected chi connectivity index (χ2v) is 22.4. The van der Waals surface area contributed by atoms with E-state index in [1.165, 1.54) is 83.5 Å². The number of hydrogen-bond acceptors (Lipinski definition) is 18. The fourth-order valence-electron chi connectivity index (χ4n) is 8.14. The molecule has 1 rings (SSSR count). The summed E-state index contributed by atoms with van der Waals surface area (Å²) >= 11 is 0. The highest BCUT2D eigenvalue weighted by atomic mass is 31.2. The molecule has 0 heterocycles. The van der Waals surface area contributed by atoms with E-state index in [2.05, 4.69) is 23.4 Å². The number of ether oxygens (including phenoxy) is 2. The van der Waals surface area contributed by atoms with Crippen molar-refractivity contribution in [3.63, 3.8) is 0 Å². The van der Waals surface area contributed by atoms with Crippen LogP contribution in [0.1, 0.15) is 206 Å². The van der Waals surface area contributed by atoms with E-state index >= 15 is 0 Å². The summed E-state index contributed by atoms with van der Waals surface area (Å²) in [6.07, 6.45) is 8.78. The quantitative estimate of drug-likeness (QED) is 0.00753. The Balaban J connectivity index is 2.96. The van der Waals surface area contributed by atoms with Gasteiger partial charge in [-0.3, -0.25) is 23.2 Å². The highest BCUT2D eigenvalue weighted by molar-refractivity contribution is 7.47. The van der Waals surface area contributed by atoms with E-state index in [4.69, 9.17) is 23.0 Å². The van der Waals surface area contributed by atoms with E-state index in [1.54, 1.807) is 0 Å². The van der Waals surface area contributed by atoms with Crippen molar-refractivity contribution in [3.8, 4) is 0 Å². The first-order valence-corrected chi connectivity index (χ1v) is 30.3. The van der Waals surface area contributed by atoms with Crippen LogP contribution in [0.4, 0.5) is 0 Å². The SMILES string of the molecule is CCCCCCCCCCCCCCCCCC(=O)OCC(COP(=O)(O)OOC1(O)C(O)C(O)C(O)C(O)C1O)OC(=O)CC(OP(=O)(O)O)C(CCCCCCCCCCCCCC)OP(=O)(O)O. The summed E-state index contributed by atoms with van der Waals surface area (Å²) in [5.74, 6) is -5.70. The molecule has 0 aromatic carbocycles. The van der Waals surface area contributed by atoms with E-state index in [1.807, 2.05) is 0 Å². The van der Waals surface area contributed by atoms with Gasteiger partial charge in [-0.15, -0.1) is 4.67 Å². The monoisotopic (exact) mass is 1090 g/mol. The zero-order valence-electron chi connectivity index (χ0n) is 41.9. The number of phosphoric ester groups is 3. The first-order valence-electron chi connectivity index (χ1n) is 25.8. The molecule has 8 unspecified atom stereocenters. The molecular formula is C45H89O23P3. The maximum Gasteiger partial charge on any atom is 0.499 e. The first kappa shape index (κ1) is 68.0. The van der Waals surface area contributed by atoms with Gasteiger partial charge in [0.25, 0.3) is 5.79 Å². The van der Waals surface area contributed by atoms with Crippen LogP contribution >= 0.6 is 23.5 Å². The zero-order valence-corrected chi connectivity index (χ0v) is 44.6. The summed E-state index contributed by atoms with van der Waals surface area (Å²) in [5.41, 5.74) is 0. The number of unbranched alkanes of at least 4 members (excludes halogenated alkanes) is 25. The lowest BCUT2D eigenvalue weighted by molar-refractivity contribution is -0.450. The second-order valence-electron chi connectivity index (χ2n) is 18.7. The van der Waals surface area contributed by atoms with E-state index in [0.29, 0.717) is 19.3 Å². The normalized spacial score (nSPS) is 23.0. The van der Waals surface area contributed by atoms with E-state index in [0.717, 1.165) is 64.2 Å². The predicted molar refractivity (Wildman–Crippen MR) is 257 cm³/mol. The molecule has 0 aromatic heterocycles. The van der Waals surface area contributed by atoms with Crippen molar-refractivity contribution >= 4 is 35.4 Å². The van der Waals surface area contributed by atoms with Crippen LogP contribution in [-0.4, -0.2) is 135 Å². The number of carbonyl (C=O) groups is 2. The highest BCUT2D eigenvalue weighted by Gasteiger charge is 2.60. The summed E-state index contributed by atoms with van der Waals surface area (Å²) in [4.78, 5) is 79.6. The summed E-state index contributed by atoms with van der Waals surface area (Å²) in [6.45, 7) is 2.32. The molecule has 0 radical (unpaired) electrons. The van der Waals surface area contributed by atoms with Gasteiger partial charge in [0, 0.05) is 6.42 Å². The maximum absolute atomic E-state index is 13.4. The van der Waals surface area contributed by atoms with Crippen LogP contribution in [0.25, 0.3) is 0 Å². The summed E-state index contributed by atoms with van der Waals surface area (Å²) in [7, 11) is -16.5. The van der Waals surface area contributed by atoms with Crippen molar-refractivity contribution in [2.75, 3.05) is 13.2 Å². The molecule has 8 atom stereocenters. The van der Waals surface area contributed by atoms with Crippen molar-refractivity contribution in [1.29, 1.82) is 0 Å². The molecule has 0 bridgehead atoms. The Morgan fingerprint density at radius 3 is 1.30 bits per heavy atom. The molecule has 0 aromatic rings. The Bertz CT molecular complexity index is 1530. The van der Waals surface area contributed by atoms with Gasteiger partial charge >= 0.3 is 35.4 Å². The number of carbonyl (C=O) groups excluding carboxylic acids is 2. The van der Waals surface area contributed by atoms with Crippen molar-refractivity contribution in [2.45, 2.75) is 261 Å². The van der Waals surface area contributed by atoms with Crippen LogP contribution in [0.5, 0.6) is 0 Å². The lowest BCUT2D eigenvalue weighted by Crippen LogP contribution is -2.71. The Morgan fingerprint density at radius 2 is 0.887 bits per heavy atom. The van der Waals surface area contributed by atoms with Crippen LogP contribution in [0.3, 0.4) is 0 Å². The standard InChI is InChI=1S/C45H89O23P3/c1-3-5-7-9-11-13-15-17-18-19-21-23-25-27-29-31-38(46)62-33-35(34-63-71(60,61)68-67-45(53)43(51)41(49)40(48)42(50)44(45)52)64-39(47)32-37(66-70(57,58)59)36(65-69(54,55)56)30-28-26-24-22-20-16-14-12-10-8-6-4-2/h35-37,40-44,48-53H,3-34H2,1-2H3,(H,60,61)(H2,54,55,56)(H2,57,58,59). The van der Waals surface area contributed by atoms with Crippen LogP contribution in [0.15, 0.2) is 0 Å². The van der Waals surface area contributed by atoms with Crippen LogP contribution in [-0.2, 0) is 55.9 Å². The summed E-state index contributed by atoms with van der Waals surface area (Å²) < 4.78 is 66.0. The average molecular weight is 1090 g/mol. The zero-order chi connectivity index (χ0) is 53.4. The molecule has 1 fully saturated rings. The van der Waals surface area contributed by atoms with E-state index < -0.39 is 110 Å². The lowest BCUT2D eigenvalue weighted by Gasteiger charge is -2.45. The molecule has 71 heavy (non-hydrogen) atoms. The number of phosphoric acid groups is 3. The third-order valence-corrected chi connectivity index (χ3v) is 14.1. The van der Waals surface area contributed by atoms with Crippen molar-refractivity contribution < 1.29 is 111 Å². The van der Waals surface area contributed by atoms with Crippen LogP contribution in [0, 0.1) is 0 Å². The molecule has 1 saturated carbocycles. The molecule has 0 amide bonds. The smallest absolute Gasteiger partial charge is 0.462 e. The van der Waals surface area contributed by atoms with Crippen molar-refractivity contribution in [1.82, 2.24) is 0 Å². The Hall–Kier alpha value is -1.01. The van der Waals surface area contributed by atoms with Gasteiger partial charge in [0.1, 0.15) is 43.2 Å². The third kappa shape index (κ3) is 32.2. The van der Waals surface area contributed by atoms with Crippen molar-refractivity contribution in [3.05, 3.63) is 0 Å². The van der Waals surface area contributed by atoms with Crippen LogP contribution in [0.2, 0.25) is 0 Å². The van der Waals surface area contributed by atoms with Gasteiger partial charge in [-0.25, -0.2) is 13.7 Å². The second kappa shape index (κ2) is 37.7. The predicted octanol–water partition coefficient (Wildman–Crippen LogP) is 6.71. The Labute approximate surface area is 419 Å². The fraction of sp³-hybridized carbons (Fsp3) is 0.956. The number of rotatable bonds is 45. The minimum Gasteiger partial charge on any atom is -0.462 e. The van der Waals surface area contributed by atoms with Crippen LogP contribution < -0.4 is 0 Å². The largest absolute Gasteiger partial charge is 0.499 e. The summed E-state index contributed by atoms with van der Waals surface area (Å²) in [6, 6.07) is 0. The molecule has 23 nitrogen and oxygen atoms in total. The van der Waals surface area contributed by atoms with Gasteiger partial charge in [0.2, 0.25) is 0 Å². The minimum atomic E-state index is -5.62. The first-order chi connectivity index (χ1) is 33.5. The Kier molecular flexibility index (Phi) is 36.1. The van der Waals surface area contributed by atoms with E-state index in [-0.39, 0.29) is 19.3 Å². The number of hydrogen-bond donors (Lipinski definition) is 11. The molecule has 0 saturated heterocycles. The van der Waals surface area contributed by atoms with Gasteiger partial charge in [-0.05, 0) is 12.8 Å². The lowest BCUT2D eigenvalue weighted by atomic mass is 9.82. The molecular weight excluding hydrogens is 1000 g/mol. The number of esters is 2. The van der Waals surface area contributed by atoms with E-state index in [9.17, 15) is 78.4 Å². The number of aliphatic hydroxyl groups is 6. The minimum absolute atomic E-state index is 0.0659. The molecule has 1 aliphatic rings.